The van der Waals surface area contributed by atoms with Crippen LogP contribution in [-0.2, 0) is 0 Å². The SMILES string of the molecule is CNCCC=Cc1ccc(F)cc1OC(F)F. The number of hydrogen-bond acceptors (Lipinski definition) is 2. The minimum absolute atomic E-state index is 0.152. The van der Waals surface area contributed by atoms with Gasteiger partial charge in [-0.1, -0.05) is 12.2 Å². The topological polar surface area (TPSA) is 21.3 Å². The van der Waals surface area contributed by atoms with Crippen LogP contribution in [0.5, 0.6) is 5.75 Å². The summed E-state index contributed by atoms with van der Waals surface area (Å²) in [4.78, 5) is 0. The van der Waals surface area contributed by atoms with E-state index in [1.54, 1.807) is 6.08 Å². The largest absolute Gasteiger partial charge is 0.434 e. The summed E-state index contributed by atoms with van der Waals surface area (Å²) in [6.45, 7) is -2.18. The summed E-state index contributed by atoms with van der Waals surface area (Å²) in [5.41, 5.74) is 0.433. The maximum atomic E-state index is 12.9. The zero-order valence-electron chi connectivity index (χ0n) is 9.42. The molecule has 0 aliphatic heterocycles. The highest BCUT2D eigenvalue weighted by atomic mass is 19.3. The van der Waals surface area contributed by atoms with Gasteiger partial charge in [-0.05, 0) is 32.1 Å². The van der Waals surface area contributed by atoms with Gasteiger partial charge in [-0.3, -0.25) is 0 Å². The Morgan fingerprint density at radius 2 is 2.18 bits per heavy atom. The third kappa shape index (κ3) is 4.91. The van der Waals surface area contributed by atoms with Crippen molar-refractivity contribution in [3.05, 3.63) is 35.7 Å². The molecule has 0 amide bonds. The smallest absolute Gasteiger partial charge is 0.387 e. The van der Waals surface area contributed by atoms with Gasteiger partial charge < -0.3 is 10.1 Å². The summed E-state index contributed by atoms with van der Waals surface area (Å²) >= 11 is 0. The van der Waals surface area contributed by atoms with Crippen molar-refractivity contribution in [2.45, 2.75) is 13.0 Å². The summed E-state index contributed by atoms with van der Waals surface area (Å²) in [6, 6.07) is 3.56. The quantitative estimate of drug-likeness (QED) is 0.778. The summed E-state index contributed by atoms with van der Waals surface area (Å²) in [7, 11) is 1.82. The Hall–Kier alpha value is -1.49. The average Bonchev–Trinajstić information content (AvgIpc) is 2.26. The van der Waals surface area contributed by atoms with Crippen LogP contribution < -0.4 is 10.1 Å². The Bertz CT molecular complexity index is 380. The highest BCUT2D eigenvalue weighted by Gasteiger charge is 2.08. The number of ether oxygens (including phenoxy) is 1. The standard InChI is InChI=1S/C12H14F3NO/c1-16-7-3-2-4-9-5-6-10(13)8-11(9)17-12(14)15/h2,4-6,8,12,16H,3,7H2,1H3. The maximum Gasteiger partial charge on any atom is 0.387 e. The van der Waals surface area contributed by atoms with E-state index in [9.17, 15) is 13.2 Å². The first-order valence-electron chi connectivity index (χ1n) is 5.19. The summed E-state index contributed by atoms with van der Waals surface area (Å²) in [6.07, 6.45) is 4.19. The summed E-state index contributed by atoms with van der Waals surface area (Å²) in [5, 5.41) is 2.95. The van der Waals surface area contributed by atoms with Crippen molar-refractivity contribution in [3.8, 4) is 5.75 Å². The van der Waals surface area contributed by atoms with Crippen LogP contribution in [-0.4, -0.2) is 20.2 Å². The number of benzene rings is 1. The molecule has 0 saturated carbocycles. The molecule has 0 aromatic heterocycles. The number of halogens is 3. The lowest BCUT2D eigenvalue weighted by Crippen LogP contribution is -2.06. The Morgan fingerprint density at radius 3 is 2.82 bits per heavy atom. The lowest BCUT2D eigenvalue weighted by atomic mass is 10.1. The van der Waals surface area contributed by atoms with Gasteiger partial charge >= 0.3 is 6.61 Å². The van der Waals surface area contributed by atoms with Gasteiger partial charge in [0.05, 0.1) is 0 Å². The second kappa shape index (κ2) is 6.96. The number of hydrogen-bond donors (Lipinski definition) is 1. The lowest BCUT2D eigenvalue weighted by Gasteiger charge is -2.07. The summed E-state index contributed by atoms with van der Waals surface area (Å²) < 4.78 is 41.3. The van der Waals surface area contributed by atoms with E-state index < -0.39 is 12.4 Å². The van der Waals surface area contributed by atoms with Gasteiger partial charge in [-0.15, -0.1) is 0 Å². The van der Waals surface area contributed by atoms with E-state index in [2.05, 4.69) is 10.1 Å². The fraction of sp³-hybridized carbons (Fsp3) is 0.333. The second-order valence-corrected chi connectivity index (χ2v) is 3.36. The van der Waals surface area contributed by atoms with Crippen molar-refractivity contribution in [1.29, 1.82) is 0 Å². The monoisotopic (exact) mass is 245 g/mol. The molecule has 0 fully saturated rings. The minimum atomic E-state index is -2.96. The molecule has 0 saturated heterocycles. The minimum Gasteiger partial charge on any atom is -0.434 e. The fourth-order valence-corrected chi connectivity index (χ4v) is 1.28. The van der Waals surface area contributed by atoms with Crippen LogP contribution in [0.15, 0.2) is 24.3 Å². The van der Waals surface area contributed by atoms with E-state index in [1.165, 1.54) is 12.1 Å². The van der Waals surface area contributed by atoms with Crippen LogP contribution in [0.1, 0.15) is 12.0 Å². The van der Waals surface area contributed by atoms with Gasteiger partial charge in [0.2, 0.25) is 0 Å². The molecule has 0 unspecified atom stereocenters. The molecule has 0 atom stereocenters. The van der Waals surface area contributed by atoms with Gasteiger partial charge in [0.15, 0.2) is 0 Å². The van der Waals surface area contributed by atoms with E-state index in [-0.39, 0.29) is 5.75 Å². The molecule has 0 aliphatic carbocycles. The van der Waals surface area contributed by atoms with E-state index >= 15 is 0 Å². The van der Waals surface area contributed by atoms with Gasteiger partial charge in [0, 0.05) is 11.6 Å². The third-order valence-electron chi connectivity index (χ3n) is 2.05. The van der Waals surface area contributed by atoms with Crippen LogP contribution in [0.25, 0.3) is 6.08 Å². The van der Waals surface area contributed by atoms with Crippen LogP contribution in [0, 0.1) is 5.82 Å². The van der Waals surface area contributed by atoms with Gasteiger partial charge in [-0.2, -0.15) is 8.78 Å². The number of nitrogens with one attached hydrogen (secondary N) is 1. The molecule has 0 heterocycles. The molecule has 17 heavy (non-hydrogen) atoms. The van der Waals surface area contributed by atoms with E-state index in [0.29, 0.717) is 5.56 Å². The zero-order valence-corrected chi connectivity index (χ0v) is 9.42. The van der Waals surface area contributed by atoms with Gasteiger partial charge in [0.25, 0.3) is 0 Å². The predicted octanol–water partition coefficient (Wildman–Crippen LogP) is 3.05. The van der Waals surface area contributed by atoms with E-state index in [1.807, 2.05) is 13.1 Å². The number of alkyl halides is 2. The van der Waals surface area contributed by atoms with Crippen LogP contribution in [0.3, 0.4) is 0 Å². The number of rotatable bonds is 6. The van der Waals surface area contributed by atoms with Crippen molar-refractivity contribution >= 4 is 6.08 Å². The second-order valence-electron chi connectivity index (χ2n) is 3.36. The van der Waals surface area contributed by atoms with Crippen LogP contribution in [0.4, 0.5) is 13.2 Å². The van der Waals surface area contributed by atoms with Crippen LogP contribution >= 0.6 is 0 Å². The Morgan fingerprint density at radius 1 is 1.41 bits per heavy atom. The zero-order chi connectivity index (χ0) is 12.7. The lowest BCUT2D eigenvalue weighted by molar-refractivity contribution is -0.0501. The van der Waals surface area contributed by atoms with Crippen LogP contribution in [0.2, 0.25) is 0 Å². The molecule has 1 rings (SSSR count). The molecule has 5 heteroatoms. The normalized spacial score (nSPS) is 11.4. The first kappa shape index (κ1) is 13.6. The van der Waals surface area contributed by atoms with E-state index in [0.717, 1.165) is 19.0 Å². The molecular formula is C12H14F3NO. The average molecular weight is 245 g/mol. The molecule has 1 aromatic rings. The molecule has 0 spiro atoms. The molecule has 0 bridgehead atoms. The Kier molecular flexibility index (Phi) is 5.56. The Balaban J connectivity index is 2.78. The van der Waals surface area contributed by atoms with Gasteiger partial charge in [0.1, 0.15) is 11.6 Å². The molecular weight excluding hydrogens is 231 g/mol. The molecule has 94 valence electrons. The van der Waals surface area contributed by atoms with Crippen molar-refractivity contribution < 1.29 is 17.9 Å². The molecule has 0 radical (unpaired) electrons. The molecule has 1 N–H and O–H groups in total. The van der Waals surface area contributed by atoms with Gasteiger partial charge in [-0.25, -0.2) is 4.39 Å². The molecule has 1 aromatic carbocycles. The Labute approximate surface area is 98.1 Å². The maximum absolute atomic E-state index is 12.9. The van der Waals surface area contributed by atoms with Crippen molar-refractivity contribution in [1.82, 2.24) is 5.32 Å². The summed E-state index contributed by atoms with van der Waals surface area (Å²) in [5.74, 6) is -0.756. The highest BCUT2D eigenvalue weighted by Crippen LogP contribution is 2.23. The molecule has 2 nitrogen and oxygen atoms in total. The first-order chi connectivity index (χ1) is 8.13. The third-order valence-corrected chi connectivity index (χ3v) is 2.05. The van der Waals surface area contributed by atoms with Crippen molar-refractivity contribution in [2.75, 3.05) is 13.6 Å². The van der Waals surface area contributed by atoms with E-state index in [4.69, 9.17) is 0 Å². The predicted molar refractivity (Wildman–Crippen MR) is 60.6 cm³/mol. The van der Waals surface area contributed by atoms with Crippen molar-refractivity contribution in [3.63, 3.8) is 0 Å². The highest BCUT2D eigenvalue weighted by molar-refractivity contribution is 5.57. The van der Waals surface area contributed by atoms with Crippen molar-refractivity contribution in [2.24, 2.45) is 0 Å². The fourth-order valence-electron chi connectivity index (χ4n) is 1.28. The molecule has 0 aliphatic rings. The first-order valence-corrected chi connectivity index (χ1v) is 5.19.